The summed E-state index contributed by atoms with van der Waals surface area (Å²) in [6.07, 6.45) is 0. The molecule has 1 aromatic heterocycles. The van der Waals surface area contributed by atoms with Gasteiger partial charge in [0.25, 0.3) is 5.91 Å². The van der Waals surface area contributed by atoms with Crippen LogP contribution in [0.3, 0.4) is 0 Å². The van der Waals surface area contributed by atoms with Crippen molar-refractivity contribution in [2.45, 2.75) is 33.7 Å². The van der Waals surface area contributed by atoms with Gasteiger partial charge >= 0.3 is 0 Å². The van der Waals surface area contributed by atoms with Gasteiger partial charge in [0.1, 0.15) is 17.6 Å². The van der Waals surface area contributed by atoms with E-state index in [-0.39, 0.29) is 5.91 Å². The van der Waals surface area contributed by atoms with Crippen molar-refractivity contribution in [2.24, 2.45) is 0 Å². The van der Waals surface area contributed by atoms with Crippen molar-refractivity contribution < 1.29 is 9.21 Å². The van der Waals surface area contributed by atoms with Gasteiger partial charge in [-0.25, -0.2) is 0 Å². The van der Waals surface area contributed by atoms with Gasteiger partial charge < -0.3 is 9.32 Å². The Morgan fingerprint density at radius 2 is 1.94 bits per heavy atom. The SMILES string of the molecule is Cc1oc(C)c(C(=O)N(C)C(C)C#N)c1C. The molecule has 1 rings (SSSR count). The lowest BCUT2D eigenvalue weighted by atomic mass is 10.1. The third kappa shape index (κ3) is 1.94. The average Bonchev–Trinajstić information content (AvgIpc) is 2.50. The molecule has 1 heterocycles. The molecule has 0 aliphatic carbocycles. The molecule has 1 aromatic rings. The van der Waals surface area contributed by atoms with Gasteiger partial charge in [-0.05, 0) is 27.7 Å². The third-order valence-electron chi connectivity index (χ3n) is 2.86. The Morgan fingerprint density at radius 3 is 2.31 bits per heavy atom. The van der Waals surface area contributed by atoms with Gasteiger partial charge in [0.15, 0.2) is 0 Å². The molecule has 0 aliphatic rings. The molecule has 0 saturated heterocycles. The zero-order valence-corrected chi connectivity index (χ0v) is 10.3. The first-order chi connectivity index (χ1) is 7.40. The van der Waals surface area contributed by atoms with Crippen molar-refractivity contribution in [3.05, 3.63) is 22.6 Å². The Morgan fingerprint density at radius 1 is 1.38 bits per heavy atom. The van der Waals surface area contributed by atoms with Crippen LogP contribution in [0.15, 0.2) is 4.42 Å². The lowest BCUT2D eigenvalue weighted by Crippen LogP contribution is -2.34. The molecule has 0 aliphatic heterocycles. The van der Waals surface area contributed by atoms with Crippen molar-refractivity contribution in [1.82, 2.24) is 4.90 Å². The summed E-state index contributed by atoms with van der Waals surface area (Å²) in [5.74, 6) is 1.19. The summed E-state index contributed by atoms with van der Waals surface area (Å²) in [6.45, 7) is 7.13. The van der Waals surface area contributed by atoms with Crippen LogP contribution in [0.25, 0.3) is 0 Å². The number of hydrogen-bond donors (Lipinski definition) is 0. The van der Waals surface area contributed by atoms with Crippen LogP contribution in [-0.4, -0.2) is 23.9 Å². The van der Waals surface area contributed by atoms with E-state index in [1.807, 2.05) is 19.9 Å². The molecular weight excluding hydrogens is 204 g/mol. The number of carbonyl (C=O) groups is 1. The maximum atomic E-state index is 12.1. The molecular formula is C12H16N2O2. The highest BCUT2D eigenvalue weighted by atomic mass is 16.3. The number of hydrogen-bond acceptors (Lipinski definition) is 3. The van der Waals surface area contributed by atoms with Crippen LogP contribution < -0.4 is 0 Å². The van der Waals surface area contributed by atoms with E-state index in [1.165, 1.54) is 4.90 Å². The maximum Gasteiger partial charge on any atom is 0.258 e. The number of rotatable bonds is 2. The minimum atomic E-state index is -0.443. The molecule has 86 valence electrons. The fourth-order valence-corrected chi connectivity index (χ4v) is 1.55. The van der Waals surface area contributed by atoms with Crippen LogP contribution in [0.5, 0.6) is 0 Å². The monoisotopic (exact) mass is 220 g/mol. The minimum Gasteiger partial charge on any atom is -0.466 e. The Kier molecular flexibility index (Phi) is 3.38. The molecule has 0 aromatic carbocycles. The van der Waals surface area contributed by atoms with Crippen LogP contribution in [0.1, 0.15) is 34.4 Å². The van der Waals surface area contributed by atoms with E-state index in [4.69, 9.17) is 9.68 Å². The van der Waals surface area contributed by atoms with Crippen molar-refractivity contribution >= 4 is 5.91 Å². The highest BCUT2D eigenvalue weighted by molar-refractivity contribution is 5.97. The molecule has 4 nitrogen and oxygen atoms in total. The molecule has 1 amide bonds. The number of amides is 1. The fourth-order valence-electron chi connectivity index (χ4n) is 1.55. The van der Waals surface area contributed by atoms with Gasteiger partial charge in [-0.1, -0.05) is 0 Å². The molecule has 0 fully saturated rings. The first-order valence-electron chi connectivity index (χ1n) is 5.13. The number of nitriles is 1. The van der Waals surface area contributed by atoms with Gasteiger partial charge in [-0.3, -0.25) is 4.79 Å². The Balaban J connectivity index is 3.11. The van der Waals surface area contributed by atoms with Crippen molar-refractivity contribution in [3.63, 3.8) is 0 Å². The van der Waals surface area contributed by atoms with E-state index >= 15 is 0 Å². The first-order valence-corrected chi connectivity index (χ1v) is 5.13. The number of nitrogens with zero attached hydrogens (tertiary/aromatic N) is 2. The molecule has 0 spiro atoms. The lowest BCUT2D eigenvalue weighted by molar-refractivity contribution is 0.0771. The molecule has 4 heteroatoms. The maximum absolute atomic E-state index is 12.1. The van der Waals surface area contributed by atoms with E-state index < -0.39 is 6.04 Å². The average molecular weight is 220 g/mol. The van der Waals surface area contributed by atoms with Crippen LogP contribution >= 0.6 is 0 Å². The second-order valence-corrected chi connectivity index (χ2v) is 3.94. The van der Waals surface area contributed by atoms with Crippen LogP contribution in [0, 0.1) is 32.1 Å². The van der Waals surface area contributed by atoms with Gasteiger partial charge in [-0.15, -0.1) is 0 Å². The van der Waals surface area contributed by atoms with Crippen LogP contribution in [-0.2, 0) is 0 Å². The quantitative estimate of drug-likeness (QED) is 0.767. The summed E-state index contributed by atoms with van der Waals surface area (Å²) in [6, 6.07) is 1.59. The third-order valence-corrected chi connectivity index (χ3v) is 2.86. The Labute approximate surface area is 95.5 Å². The van der Waals surface area contributed by atoms with E-state index in [0.29, 0.717) is 11.3 Å². The van der Waals surface area contributed by atoms with Gasteiger partial charge in [0, 0.05) is 12.6 Å². The molecule has 16 heavy (non-hydrogen) atoms. The summed E-state index contributed by atoms with van der Waals surface area (Å²) < 4.78 is 5.40. The fraction of sp³-hybridized carbons (Fsp3) is 0.500. The number of aryl methyl sites for hydroxylation is 2. The highest BCUT2D eigenvalue weighted by Crippen LogP contribution is 2.22. The molecule has 0 N–H and O–H groups in total. The lowest BCUT2D eigenvalue weighted by Gasteiger charge is -2.19. The first kappa shape index (κ1) is 12.3. The Hall–Kier alpha value is -1.76. The van der Waals surface area contributed by atoms with Gasteiger partial charge in [0.05, 0.1) is 11.6 Å². The zero-order chi connectivity index (χ0) is 12.5. The summed E-state index contributed by atoms with van der Waals surface area (Å²) in [4.78, 5) is 13.5. The predicted molar refractivity (Wildman–Crippen MR) is 60.1 cm³/mol. The molecule has 0 bridgehead atoms. The van der Waals surface area contributed by atoms with E-state index in [9.17, 15) is 4.79 Å². The summed E-state index contributed by atoms with van der Waals surface area (Å²) >= 11 is 0. The van der Waals surface area contributed by atoms with Crippen LogP contribution in [0.2, 0.25) is 0 Å². The van der Waals surface area contributed by atoms with Crippen molar-refractivity contribution in [1.29, 1.82) is 5.26 Å². The van der Waals surface area contributed by atoms with Crippen LogP contribution in [0.4, 0.5) is 0 Å². The molecule has 0 radical (unpaired) electrons. The van der Waals surface area contributed by atoms with E-state index in [1.54, 1.807) is 20.9 Å². The second-order valence-electron chi connectivity index (χ2n) is 3.94. The summed E-state index contributed by atoms with van der Waals surface area (Å²) in [5, 5.41) is 8.78. The topological polar surface area (TPSA) is 57.2 Å². The van der Waals surface area contributed by atoms with Crippen molar-refractivity contribution in [3.8, 4) is 6.07 Å². The highest BCUT2D eigenvalue weighted by Gasteiger charge is 2.24. The van der Waals surface area contributed by atoms with E-state index in [2.05, 4.69) is 0 Å². The molecule has 0 saturated carbocycles. The number of carbonyl (C=O) groups excluding carboxylic acids is 1. The minimum absolute atomic E-state index is 0.166. The normalized spacial score (nSPS) is 12.0. The van der Waals surface area contributed by atoms with Gasteiger partial charge in [-0.2, -0.15) is 5.26 Å². The standard InChI is InChI=1S/C12H16N2O2/c1-7(6-13)14(5)12(15)11-8(2)9(3)16-10(11)4/h7H,1-5H3. The summed E-state index contributed by atoms with van der Waals surface area (Å²) in [5.41, 5.74) is 1.42. The smallest absolute Gasteiger partial charge is 0.258 e. The Bertz CT molecular complexity index is 454. The number of furan rings is 1. The largest absolute Gasteiger partial charge is 0.466 e. The molecule has 1 atom stereocenters. The summed E-state index contributed by atoms with van der Waals surface area (Å²) in [7, 11) is 1.62. The van der Waals surface area contributed by atoms with Gasteiger partial charge in [0.2, 0.25) is 0 Å². The second kappa shape index (κ2) is 4.40. The molecule has 1 unspecified atom stereocenters. The zero-order valence-electron chi connectivity index (χ0n) is 10.3. The van der Waals surface area contributed by atoms with Crippen molar-refractivity contribution in [2.75, 3.05) is 7.05 Å². The van der Waals surface area contributed by atoms with E-state index in [0.717, 1.165) is 11.3 Å². The predicted octanol–water partition coefficient (Wildman–Crippen LogP) is 2.19.